The van der Waals surface area contributed by atoms with E-state index in [2.05, 4.69) is 37.1 Å². The molecule has 0 radical (unpaired) electrons. The van der Waals surface area contributed by atoms with Gasteiger partial charge in [-0.05, 0) is 35.1 Å². The van der Waals surface area contributed by atoms with Gasteiger partial charge < -0.3 is 9.84 Å². The summed E-state index contributed by atoms with van der Waals surface area (Å²) >= 11 is 4.20. The number of hydrogen-bond donors (Lipinski definition) is 2. The fourth-order valence-corrected chi connectivity index (χ4v) is 3.67. The Morgan fingerprint density at radius 3 is 2.15 bits per heavy atom. The van der Waals surface area contributed by atoms with Crippen LogP contribution < -0.4 is 0 Å². The first-order valence-corrected chi connectivity index (χ1v) is 9.51. The molecule has 0 fully saturated rings. The Bertz CT molecular complexity index is 778. The van der Waals surface area contributed by atoms with Gasteiger partial charge in [0.25, 0.3) is 0 Å². The van der Waals surface area contributed by atoms with Gasteiger partial charge in [0.2, 0.25) is 0 Å². The molecule has 0 atom stereocenters. The standard InChI is InChI=1S/C21H23NO4S/c23-20(24)12-2-1-7-13-22(27)21(25)26-14-19-17-10-5-3-8-15(17)16-9-4-6-11-18(16)19/h3-6,8-11,19,27H,1-2,7,12-14H2,(H,23,24). The third-order valence-electron chi connectivity index (χ3n) is 4.81. The number of hydrogen-bond acceptors (Lipinski definition) is 4. The molecule has 0 aromatic heterocycles. The number of rotatable bonds is 8. The van der Waals surface area contributed by atoms with Crippen LogP contribution >= 0.6 is 12.8 Å². The van der Waals surface area contributed by atoms with Crippen molar-refractivity contribution in [3.05, 3.63) is 59.7 Å². The number of carbonyl (C=O) groups excluding carboxylic acids is 1. The number of ether oxygens (including phenoxy) is 1. The highest BCUT2D eigenvalue weighted by molar-refractivity contribution is 7.78. The van der Waals surface area contributed by atoms with Crippen LogP contribution in [0.15, 0.2) is 48.5 Å². The fraction of sp³-hybridized carbons (Fsp3) is 0.333. The number of nitrogens with zero attached hydrogens (tertiary/aromatic N) is 1. The van der Waals surface area contributed by atoms with Gasteiger partial charge in [0, 0.05) is 18.9 Å². The van der Waals surface area contributed by atoms with Crippen LogP contribution in [0.1, 0.15) is 42.7 Å². The van der Waals surface area contributed by atoms with Gasteiger partial charge in [0.15, 0.2) is 0 Å². The second kappa shape index (κ2) is 8.95. The Morgan fingerprint density at radius 1 is 0.963 bits per heavy atom. The SMILES string of the molecule is O=C(O)CCCCCN(S)C(=O)OCC1c2ccccc2-c2ccccc21. The lowest BCUT2D eigenvalue weighted by atomic mass is 9.98. The highest BCUT2D eigenvalue weighted by Crippen LogP contribution is 2.44. The molecule has 6 heteroatoms. The average molecular weight is 385 g/mol. The number of amides is 1. The quantitative estimate of drug-likeness (QED) is 0.509. The van der Waals surface area contributed by atoms with Crippen molar-refractivity contribution in [3.63, 3.8) is 0 Å². The van der Waals surface area contributed by atoms with Crippen molar-refractivity contribution >= 4 is 24.9 Å². The van der Waals surface area contributed by atoms with Crippen LogP contribution in [0.25, 0.3) is 11.1 Å². The first-order chi connectivity index (χ1) is 13.1. The highest BCUT2D eigenvalue weighted by Gasteiger charge is 2.29. The fourth-order valence-electron chi connectivity index (χ4n) is 3.47. The molecule has 1 N–H and O–H groups in total. The van der Waals surface area contributed by atoms with Crippen molar-refractivity contribution in [1.29, 1.82) is 0 Å². The van der Waals surface area contributed by atoms with Crippen molar-refractivity contribution in [3.8, 4) is 11.1 Å². The van der Waals surface area contributed by atoms with Gasteiger partial charge in [0.05, 0.1) is 0 Å². The zero-order chi connectivity index (χ0) is 19.2. The van der Waals surface area contributed by atoms with Crippen LogP contribution in [0.4, 0.5) is 4.79 Å². The molecule has 2 aromatic carbocycles. The summed E-state index contributed by atoms with van der Waals surface area (Å²) in [5, 5.41) is 8.62. The summed E-state index contributed by atoms with van der Waals surface area (Å²) in [6.45, 7) is 0.697. The molecule has 0 aliphatic heterocycles. The van der Waals surface area contributed by atoms with Crippen LogP contribution in [0.3, 0.4) is 0 Å². The molecule has 5 nitrogen and oxygen atoms in total. The third-order valence-corrected chi connectivity index (χ3v) is 5.17. The Kier molecular flexibility index (Phi) is 6.40. The minimum atomic E-state index is -0.797. The van der Waals surface area contributed by atoms with Crippen LogP contribution in [-0.2, 0) is 9.53 Å². The number of fused-ring (bicyclic) bond motifs is 3. The van der Waals surface area contributed by atoms with Gasteiger partial charge in [0.1, 0.15) is 6.61 Å². The van der Waals surface area contributed by atoms with E-state index >= 15 is 0 Å². The van der Waals surface area contributed by atoms with Crippen molar-refractivity contribution in [2.24, 2.45) is 0 Å². The number of unbranched alkanes of at least 4 members (excludes halogenated alkanes) is 2. The average Bonchev–Trinajstić information content (AvgIpc) is 2.99. The summed E-state index contributed by atoms with van der Waals surface area (Å²) in [6.07, 6.45) is 1.71. The second-order valence-corrected chi connectivity index (χ2v) is 7.11. The molecule has 3 rings (SSSR count). The predicted molar refractivity (Wildman–Crippen MR) is 107 cm³/mol. The predicted octanol–water partition coefficient (Wildman–Crippen LogP) is 4.73. The van der Waals surface area contributed by atoms with Crippen LogP contribution in [0.2, 0.25) is 0 Å². The lowest BCUT2D eigenvalue weighted by molar-refractivity contribution is -0.137. The minimum absolute atomic E-state index is 0.0265. The largest absolute Gasteiger partial charge is 0.481 e. The number of aliphatic carboxylic acids is 1. The van der Waals surface area contributed by atoms with Crippen molar-refractivity contribution in [2.75, 3.05) is 13.2 Å². The van der Waals surface area contributed by atoms with Gasteiger partial charge in [-0.3, -0.25) is 9.10 Å². The van der Waals surface area contributed by atoms with E-state index in [-0.39, 0.29) is 18.9 Å². The molecule has 0 spiro atoms. The van der Waals surface area contributed by atoms with Gasteiger partial charge in [-0.2, -0.15) is 0 Å². The maximum atomic E-state index is 12.2. The monoisotopic (exact) mass is 385 g/mol. The van der Waals surface area contributed by atoms with E-state index in [4.69, 9.17) is 9.84 Å². The van der Waals surface area contributed by atoms with Crippen LogP contribution in [-0.4, -0.2) is 34.6 Å². The maximum absolute atomic E-state index is 12.2. The Hall–Kier alpha value is -2.47. The Balaban J connectivity index is 1.54. The molecule has 1 aliphatic carbocycles. The summed E-state index contributed by atoms with van der Waals surface area (Å²) in [6, 6.07) is 16.4. The molecular formula is C21H23NO4S. The highest BCUT2D eigenvalue weighted by atomic mass is 32.1. The molecule has 0 heterocycles. The van der Waals surface area contributed by atoms with E-state index in [9.17, 15) is 9.59 Å². The molecule has 0 saturated heterocycles. The number of benzene rings is 2. The third kappa shape index (κ3) is 4.63. The lowest BCUT2D eigenvalue weighted by Crippen LogP contribution is -2.25. The minimum Gasteiger partial charge on any atom is -0.481 e. The summed E-state index contributed by atoms with van der Waals surface area (Å²) in [7, 11) is 0. The Morgan fingerprint density at radius 2 is 1.56 bits per heavy atom. The lowest BCUT2D eigenvalue weighted by Gasteiger charge is -2.18. The van der Waals surface area contributed by atoms with Gasteiger partial charge in [-0.25, -0.2) is 4.79 Å². The van der Waals surface area contributed by atoms with Crippen molar-refractivity contribution in [2.45, 2.75) is 31.6 Å². The van der Waals surface area contributed by atoms with E-state index in [1.54, 1.807) is 0 Å². The number of carboxylic acid groups (broad SMARTS) is 1. The molecule has 27 heavy (non-hydrogen) atoms. The number of carboxylic acids is 1. The molecule has 0 bridgehead atoms. The summed E-state index contributed by atoms with van der Waals surface area (Å²) in [5.41, 5.74) is 4.72. The maximum Gasteiger partial charge on any atom is 0.419 e. The molecular weight excluding hydrogens is 362 g/mol. The van der Waals surface area contributed by atoms with Crippen molar-refractivity contribution < 1.29 is 19.4 Å². The molecule has 142 valence electrons. The van der Waals surface area contributed by atoms with E-state index in [1.807, 2.05) is 24.3 Å². The van der Waals surface area contributed by atoms with E-state index < -0.39 is 12.1 Å². The summed E-state index contributed by atoms with van der Waals surface area (Å²) in [4.78, 5) is 22.7. The van der Waals surface area contributed by atoms with E-state index in [0.29, 0.717) is 19.4 Å². The smallest absolute Gasteiger partial charge is 0.419 e. The van der Waals surface area contributed by atoms with Crippen LogP contribution in [0, 0.1) is 0 Å². The van der Waals surface area contributed by atoms with Gasteiger partial charge >= 0.3 is 12.1 Å². The second-order valence-electron chi connectivity index (χ2n) is 6.63. The van der Waals surface area contributed by atoms with Gasteiger partial charge in [-0.15, -0.1) is 0 Å². The normalized spacial score (nSPS) is 12.3. The first-order valence-electron chi connectivity index (χ1n) is 9.11. The number of carbonyl (C=O) groups is 2. The number of thiol groups is 1. The molecule has 1 aliphatic rings. The van der Waals surface area contributed by atoms with E-state index in [1.165, 1.54) is 26.6 Å². The molecule has 0 saturated carbocycles. The Labute approximate surface area is 164 Å². The van der Waals surface area contributed by atoms with Gasteiger partial charge in [-0.1, -0.05) is 67.8 Å². The van der Waals surface area contributed by atoms with Crippen LogP contribution in [0.5, 0.6) is 0 Å². The summed E-state index contributed by atoms with van der Waals surface area (Å²) < 4.78 is 6.77. The zero-order valence-electron chi connectivity index (χ0n) is 15.0. The topological polar surface area (TPSA) is 66.8 Å². The summed E-state index contributed by atoms with van der Waals surface area (Å²) in [5.74, 6) is -0.770. The molecule has 1 amide bonds. The zero-order valence-corrected chi connectivity index (χ0v) is 15.9. The first kappa shape index (κ1) is 19.3. The van der Waals surface area contributed by atoms with E-state index in [0.717, 1.165) is 6.42 Å². The molecule has 2 aromatic rings. The van der Waals surface area contributed by atoms with Crippen molar-refractivity contribution in [1.82, 2.24) is 4.31 Å². The molecule has 0 unspecified atom stereocenters.